The van der Waals surface area contributed by atoms with Crippen LogP contribution in [-0.4, -0.2) is 25.9 Å². The summed E-state index contributed by atoms with van der Waals surface area (Å²) in [5.74, 6) is 0.335. The van der Waals surface area contributed by atoms with Gasteiger partial charge >= 0.3 is 6.09 Å². The minimum Gasteiger partial charge on any atom is -0.465 e. The first-order valence-corrected chi connectivity index (χ1v) is 6.20. The Morgan fingerprint density at radius 2 is 2.05 bits per heavy atom. The number of carboxylic acid groups (broad SMARTS) is 1. The molecule has 0 aromatic carbocycles. The highest BCUT2D eigenvalue weighted by Crippen LogP contribution is 2.19. The first-order chi connectivity index (χ1) is 9.79. The molecule has 1 amide bonds. The van der Waals surface area contributed by atoms with Gasteiger partial charge in [0.05, 0.1) is 5.60 Å². The summed E-state index contributed by atoms with van der Waals surface area (Å²) in [6.07, 6.45) is 1.65. The molecule has 21 heavy (non-hydrogen) atoms. The molecule has 2 aromatic heterocycles. The molecule has 0 aliphatic carbocycles. The number of pyridine rings is 2. The number of hydrogen-bond acceptors (Lipinski definition) is 4. The fourth-order valence-electron chi connectivity index (χ4n) is 1.78. The standard InChI is InChI=1S/C14H15N3O4/c1-14(2,21)9-5-6-11(15-8-9)17-7-3-4-10(12(17)18)16-13(19)20/h3-8,16,21H,1-2H3,(H,19,20). The van der Waals surface area contributed by atoms with E-state index in [9.17, 15) is 14.7 Å². The number of amides is 1. The molecule has 0 saturated carbocycles. The third-order valence-corrected chi connectivity index (χ3v) is 2.89. The average molecular weight is 289 g/mol. The Balaban J connectivity index is 2.43. The number of anilines is 1. The Labute approximate surface area is 120 Å². The minimum absolute atomic E-state index is 0.0571. The van der Waals surface area contributed by atoms with Crippen LogP contribution < -0.4 is 10.9 Å². The molecule has 0 radical (unpaired) electrons. The number of rotatable bonds is 3. The van der Waals surface area contributed by atoms with Crippen LogP contribution in [0.3, 0.4) is 0 Å². The lowest BCUT2D eigenvalue weighted by molar-refractivity contribution is 0.0782. The average Bonchev–Trinajstić information content (AvgIpc) is 2.40. The summed E-state index contributed by atoms with van der Waals surface area (Å²) in [6.45, 7) is 3.26. The van der Waals surface area contributed by atoms with E-state index < -0.39 is 17.3 Å². The summed E-state index contributed by atoms with van der Waals surface area (Å²) < 4.78 is 1.22. The van der Waals surface area contributed by atoms with E-state index in [-0.39, 0.29) is 5.69 Å². The van der Waals surface area contributed by atoms with E-state index in [2.05, 4.69) is 4.98 Å². The largest absolute Gasteiger partial charge is 0.465 e. The van der Waals surface area contributed by atoms with Crippen molar-refractivity contribution in [1.29, 1.82) is 0 Å². The molecule has 3 N–H and O–H groups in total. The zero-order valence-electron chi connectivity index (χ0n) is 11.6. The van der Waals surface area contributed by atoms with Crippen molar-refractivity contribution in [2.75, 3.05) is 5.32 Å². The van der Waals surface area contributed by atoms with Gasteiger partial charge in [-0.3, -0.25) is 14.7 Å². The molecule has 0 aliphatic rings. The molecule has 0 atom stereocenters. The first-order valence-electron chi connectivity index (χ1n) is 6.20. The monoisotopic (exact) mass is 289 g/mol. The molecule has 7 nitrogen and oxygen atoms in total. The van der Waals surface area contributed by atoms with Crippen LogP contribution in [-0.2, 0) is 5.60 Å². The molecule has 0 aliphatic heterocycles. The molecule has 0 saturated heterocycles. The Bertz CT molecular complexity index is 714. The normalized spacial score (nSPS) is 11.2. The van der Waals surface area contributed by atoms with E-state index in [0.717, 1.165) is 0 Å². The third kappa shape index (κ3) is 3.26. The molecular weight excluding hydrogens is 274 g/mol. The van der Waals surface area contributed by atoms with Gasteiger partial charge in [0.15, 0.2) is 0 Å². The van der Waals surface area contributed by atoms with E-state index in [1.807, 2.05) is 5.32 Å². The summed E-state index contributed by atoms with van der Waals surface area (Å²) >= 11 is 0. The third-order valence-electron chi connectivity index (χ3n) is 2.89. The number of carbonyl (C=O) groups is 1. The summed E-state index contributed by atoms with van der Waals surface area (Å²) in [4.78, 5) is 26.9. The summed E-state index contributed by atoms with van der Waals surface area (Å²) in [5.41, 5.74) is -0.996. The summed E-state index contributed by atoms with van der Waals surface area (Å²) in [6, 6.07) is 6.15. The predicted molar refractivity (Wildman–Crippen MR) is 76.7 cm³/mol. The molecule has 2 heterocycles. The van der Waals surface area contributed by atoms with Crippen molar-refractivity contribution in [2.45, 2.75) is 19.4 Å². The Kier molecular flexibility index (Phi) is 3.77. The van der Waals surface area contributed by atoms with Crippen LogP contribution in [0.5, 0.6) is 0 Å². The maximum absolute atomic E-state index is 12.1. The van der Waals surface area contributed by atoms with E-state index in [1.54, 1.807) is 26.0 Å². The van der Waals surface area contributed by atoms with Crippen molar-refractivity contribution in [3.8, 4) is 5.82 Å². The highest BCUT2D eigenvalue weighted by molar-refractivity contribution is 5.82. The second kappa shape index (κ2) is 5.37. The van der Waals surface area contributed by atoms with Gasteiger partial charge < -0.3 is 10.2 Å². The number of nitrogens with one attached hydrogen (secondary N) is 1. The molecule has 0 fully saturated rings. The van der Waals surface area contributed by atoms with Gasteiger partial charge in [-0.2, -0.15) is 0 Å². The lowest BCUT2D eigenvalue weighted by Gasteiger charge is -2.17. The lowest BCUT2D eigenvalue weighted by atomic mass is 10.0. The zero-order valence-corrected chi connectivity index (χ0v) is 11.6. The van der Waals surface area contributed by atoms with E-state index in [4.69, 9.17) is 5.11 Å². The maximum atomic E-state index is 12.1. The smallest absolute Gasteiger partial charge is 0.409 e. The molecular formula is C14H15N3O4. The lowest BCUT2D eigenvalue weighted by Crippen LogP contribution is -2.24. The van der Waals surface area contributed by atoms with Gasteiger partial charge in [-0.25, -0.2) is 9.78 Å². The summed E-state index contributed by atoms with van der Waals surface area (Å²) in [5, 5.41) is 20.6. The molecule has 7 heteroatoms. The van der Waals surface area contributed by atoms with Gasteiger partial charge in [-0.1, -0.05) is 6.07 Å². The number of aromatic nitrogens is 2. The Morgan fingerprint density at radius 1 is 1.33 bits per heavy atom. The van der Waals surface area contributed by atoms with Crippen molar-refractivity contribution >= 4 is 11.8 Å². The predicted octanol–water partition coefficient (Wildman–Crippen LogP) is 1.55. The number of nitrogens with zero attached hydrogens (tertiary/aromatic N) is 2. The highest BCUT2D eigenvalue weighted by atomic mass is 16.4. The molecule has 0 unspecified atom stereocenters. The molecule has 0 spiro atoms. The fraction of sp³-hybridized carbons (Fsp3) is 0.214. The highest BCUT2D eigenvalue weighted by Gasteiger charge is 2.16. The van der Waals surface area contributed by atoms with E-state index in [1.165, 1.54) is 29.1 Å². The van der Waals surface area contributed by atoms with Gasteiger partial charge in [0.25, 0.3) is 5.56 Å². The number of hydrogen-bond donors (Lipinski definition) is 3. The van der Waals surface area contributed by atoms with Crippen LogP contribution in [0.15, 0.2) is 41.5 Å². The van der Waals surface area contributed by atoms with Crippen LogP contribution in [0.2, 0.25) is 0 Å². The SMILES string of the molecule is CC(C)(O)c1ccc(-n2cccc(NC(=O)O)c2=O)nc1. The number of aliphatic hydroxyl groups is 1. The minimum atomic E-state index is -1.31. The van der Waals surface area contributed by atoms with Crippen molar-refractivity contribution in [3.05, 3.63) is 52.6 Å². The molecule has 0 bridgehead atoms. The Hall–Kier alpha value is -2.67. The second-order valence-electron chi connectivity index (χ2n) is 4.99. The fourth-order valence-corrected chi connectivity index (χ4v) is 1.78. The van der Waals surface area contributed by atoms with Crippen molar-refractivity contribution in [2.24, 2.45) is 0 Å². The van der Waals surface area contributed by atoms with Crippen molar-refractivity contribution in [3.63, 3.8) is 0 Å². The molecule has 110 valence electrons. The second-order valence-corrected chi connectivity index (χ2v) is 4.99. The van der Waals surface area contributed by atoms with Gasteiger partial charge in [0.2, 0.25) is 0 Å². The van der Waals surface area contributed by atoms with Crippen LogP contribution in [0.1, 0.15) is 19.4 Å². The van der Waals surface area contributed by atoms with Gasteiger partial charge in [0.1, 0.15) is 11.5 Å². The Morgan fingerprint density at radius 3 is 2.57 bits per heavy atom. The van der Waals surface area contributed by atoms with Crippen LogP contribution >= 0.6 is 0 Å². The van der Waals surface area contributed by atoms with Gasteiger partial charge in [-0.15, -0.1) is 0 Å². The quantitative estimate of drug-likeness (QED) is 0.795. The van der Waals surface area contributed by atoms with E-state index >= 15 is 0 Å². The van der Waals surface area contributed by atoms with Crippen LogP contribution in [0.25, 0.3) is 5.82 Å². The zero-order chi connectivity index (χ0) is 15.6. The van der Waals surface area contributed by atoms with Gasteiger partial charge in [-0.05, 0) is 32.0 Å². The molecule has 2 rings (SSSR count). The van der Waals surface area contributed by atoms with Crippen LogP contribution in [0.4, 0.5) is 10.5 Å². The van der Waals surface area contributed by atoms with Crippen molar-refractivity contribution < 1.29 is 15.0 Å². The molecule has 2 aromatic rings. The van der Waals surface area contributed by atoms with Gasteiger partial charge in [0, 0.05) is 18.0 Å². The summed E-state index contributed by atoms with van der Waals surface area (Å²) in [7, 11) is 0. The maximum Gasteiger partial charge on any atom is 0.409 e. The topological polar surface area (TPSA) is 104 Å². The first kappa shape index (κ1) is 14.7. The van der Waals surface area contributed by atoms with Crippen LogP contribution in [0, 0.1) is 0 Å². The van der Waals surface area contributed by atoms with E-state index in [0.29, 0.717) is 11.4 Å². The van der Waals surface area contributed by atoms with Crippen molar-refractivity contribution in [1.82, 2.24) is 9.55 Å².